The molecule has 0 saturated heterocycles. The minimum absolute atomic E-state index is 0.196. The largest absolute Gasteiger partial charge is 0.356 e. The van der Waals surface area contributed by atoms with Crippen LogP contribution in [0.3, 0.4) is 0 Å². The maximum absolute atomic E-state index is 13.1. The number of aromatic nitrogens is 1. The third-order valence-electron chi connectivity index (χ3n) is 3.71. The lowest BCUT2D eigenvalue weighted by Gasteiger charge is -2.12. The first-order valence-corrected chi connectivity index (χ1v) is 8.26. The zero-order valence-corrected chi connectivity index (χ0v) is 14.7. The van der Waals surface area contributed by atoms with E-state index in [0.29, 0.717) is 5.15 Å². The van der Waals surface area contributed by atoms with E-state index in [1.165, 1.54) is 6.07 Å². The molecule has 128 valence electrons. The average Bonchev–Trinajstić information content (AvgIpc) is 2.57. The second-order valence-electron chi connectivity index (χ2n) is 5.49. The van der Waals surface area contributed by atoms with E-state index in [4.69, 9.17) is 11.6 Å². The average molecular weight is 349 g/mol. The molecule has 0 amide bonds. The summed E-state index contributed by atoms with van der Waals surface area (Å²) in [6.45, 7) is 3.40. The second kappa shape index (κ2) is 9.23. The van der Waals surface area contributed by atoms with E-state index in [0.717, 1.165) is 48.6 Å². The molecule has 0 saturated carbocycles. The molecule has 2 N–H and O–H groups in total. The summed E-state index contributed by atoms with van der Waals surface area (Å²) >= 11 is 5.77. The first kappa shape index (κ1) is 18.2. The smallest absolute Gasteiger partial charge is 0.190 e. The van der Waals surface area contributed by atoms with Crippen molar-refractivity contribution in [2.75, 3.05) is 20.1 Å². The number of hydrogen-bond acceptors (Lipinski definition) is 2. The third kappa shape index (κ3) is 5.81. The lowest BCUT2D eigenvalue weighted by Crippen LogP contribution is -2.39. The van der Waals surface area contributed by atoms with E-state index in [-0.39, 0.29) is 5.82 Å². The summed E-state index contributed by atoms with van der Waals surface area (Å²) in [5, 5.41) is 7.02. The van der Waals surface area contributed by atoms with Crippen molar-refractivity contribution in [3.63, 3.8) is 0 Å². The Balaban J connectivity index is 1.73. The van der Waals surface area contributed by atoms with Crippen LogP contribution >= 0.6 is 11.6 Å². The second-order valence-corrected chi connectivity index (χ2v) is 5.87. The number of nitrogens with zero attached hydrogens (tertiary/aromatic N) is 2. The van der Waals surface area contributed by atoms with E-state index >= 15 is 0 Å². The molecular weight excluding hydrogens is 327 g/mol. The fourth-order valence-corrected chi connectivity index (χ4v) is 2.47. The molecule has 2 rings (SSSR count). The number of guanidine groups is 1. The molecule has 0 unspecified atom stereocenters. The minimum Gasteiger partial charge on any atom is -0.356 e. The summed E-state index contributed by atoms with van der Waals surface area (Å²) < 4.78 is 13.1. The van der Waals surface area contributed by atoms with E-state index in [1.807, 2.05) is 19.1 Å². The van der Waals surface area contributed by atoms with Crippen molar-refractivity contribution in [2.45, 2.75) is 19.8 Å². The van der Waals surface area contributed by atoms with E-state index < -0.39 is 0 Å². The van der Waals surface area contributed by atoms with Crippen LogP contribution in [0.25, 0.3) is 0 Å². The lowest BCUT2D eigenvalue weighted by atomic mass is 10.1. The molecule has 0 aliphatic rings. The molecule has 0 bridgehead atoms. The van der Waals surface area contributed by atoms with Gasteiger partial charge in [-0.2, -0.15) is 0 Å². The fourth-order valence-electron chi connectivity index (χ4n) is 2.36. The van der Waals surface area contributed by atoms with Gasteiger partial charge in [-0.15, -0.1) is 0 Å². The highest BCUT2D eigenvalue weighted by molar-refractivity contribution is 6.29. The monoisotopic (exact) mass is 348 g/mol. The van der Waals surface area contributed by atoms with Gasteiger partial charge in [-0.1, -0.05) is 23.7 Å². The number of aryl methyl sites for hydroxylation is 1. The number of hydrogen-bond donors (Lipinski definition) is 2. The molecule has 1 heterocycles. The molecule has 1 aromatic heterocycles. The van der Waals surface area contributed by atoms with Gasteiger partial charge in [0.05, 0.1) is 0 Å². The van der Waals surface area contributed by atoms with Gasteiger partial charge in [0.25, 0.3) is 0 Å². The normalized spacial score (nSPS) is 11.4. The fraction of sp³-hybridized carbons (Fsp3) is 0.333. The Kier molecular flexibility index (Phi) is 7.00. The summed E-state index contributed by atoms with van der Waals surface area (Å²) in [5.74, 6) is 0.551. The Morgan fingerprint density at radius 3 is 2.54 bits per heavy atom. The van der Waals surface area contributed by atoms with Crippen molar-refractivity contribution >= 4 is 17.6 Å². The van der Waals surface area contributed by atoms with Crippen LogP contribution in [0, 0.1) is 12.7 Å². The van der Waals surface area contributed by atoms with Gasteiger partial charge in [-0.05, 0) is 54.7 Å². The van der Waals surface area contributed by atoms with Crippen LogP contribution in [-0.4, -0.2) is 31.1 Å². The SMILES string of the molecule is CN=C(NCCc1ccc(Cl)nc1)NCCc1ccc(F)cc1C. The Hall–Kier alpha value is -2.14. The zero-order chi connectivity index (χ0) is 17.4. The molecule has 6 heteroatoms. The number of halogens is 2. The first-order chi connectivity index (χ1) is 11.6. The van der Waals surface area contributed by atoms with E-state index in [2.05, 4.69) is 20.6 Å². The predicted octanol–water partition coefficient (Wildman–Crippen LogP) is 3.13. The van der Waals surface area contributed by atoms with Crippen molar-refractivity contribution in [3.8, 4) is 0 Å². The van der Waals surface area contributed by atoms with Crippen molar-refractivity contribution in [1.82, 2.24) is 15.6 Å². The summed E-state index contributed by atoms with van der Waals surface area (Å²) in [4.78, 5) is 8.26. The van der Waals surface area contributed by atoms with Crippen molar-refractivity contribution in [1.29, 1.82) is 0 Å². The number of rotatable bonds is 6. The van der Waals surface area contributed by atoms with Crippen LogP contribution < -0.4 is 10.6 Å². The third-order valence-corrected chi connectivity index (χ3v) is 3.93. The molecule has 0 aliphatic carbocycles. The molecule has 24 heavy (non-hydrogen) atoms. The number of nitrogens with one attached hydrogen (secondary N) is 2. The Morgan fingerprint density at radius 1 is 1.17 bits per heavy atom. The highest BCUT2D eigenvalue weighted by atomic mass is 35.5. The standard InChI is InChI=1S/C18H22ClFN4/c1-13-11-16(20)5-4-15(13)8-10-23-18(21-2)22-9-7-14-3-6-17(19)24-12-14/h3-6,11-12H,7-10H2,1-2H3,(H2,21,22,23). The molecule has 0 fully saturated rings. The van der Waals surface area contributed by atoms with Gasteiger partial charge in [0, 0.05) is 26.3 Å². The summed E-state index contributed by atoms with van der Waals surface area (Å²) in [5.41, 5.74) is 3.21. The minimum atomic E-state index is -0.196. The van der Waals surface area contributed by atoms with Crippen LogP contribution in [0.15, 0.2) is 41.5 Å². The van der Waals surface area contributed by atoms with E-state index in [1.54, 1.807) is 25.4 Å². The highest BCUT2D eigenvalue weighted by Gasteiger charge is 2.02. The van der Waals surface area contributed by atoms with Crippen LogP contribution in [0.5, 0.6) is 0 Å². The van der Waals surface area contributed by atoms with Gasteiger partial charge < -0.3 is 10.6 Å². The molecular formula is C18H22ClFN4. The molecule has 0 radical (unpaired) electrons. The molecule has 4 nitrogen and oxygen atoms in total. The zero-order valence-electron chi connectivity index (χ0n) is 13.9. The Morgan fingerprint density at radius 2 is 1.92 bits per heavy atom. The van der Waals surface area contributed by atoms with Crippen LogP contribution in [0.4, 0.5) is 4.39 Å². The molecule has 2 aromatic rings. The van der Waals surface area contributed by atoms with Gasteiger partial charge >= 0.3 is 0 Å². The lowest BCUT2D eigenvalue weighted by molar-refractivity contribution is 0.625. The maximum atomic E-state index is 13.1. The Labute approximate surface area is 147 Å². The highest BCUT2D eigenvalue weighted by Crippen LogP contribution is 2.10. The number of aliphatic imine (C=N–C) groups is 1. The van der Waals surface area contributed by atoms with E-state index in [9.17, 15) is 4.39 Å². The van der Waals surface area contributed by atoms with Gasteiger partial charge in [0.15, 0.2) is 5.96 Å². The topological polar surface area (TPSA) is 49.3 Å². The summed E-state index contributed by atoms with van der Waals surface area (Å²) in [6, 6.07) is 8.63. The van der Waals surface area contributed by atoms with Crippen molar-refractivity contribution in [2.24, 2.45) is 4.99 Å². The van der Waals surface area contributed by atoms with Gasteiger partial charge in [-0.3, -0.25) is 4.99 Å². The van der Waals surface area contributed by atoms with Gasteiger partial charge in [0.2, 0.25) is 0 Å². The van der Waals surface area contributed by atoms with Crippen LogP contribution in [0.2, 0.25) is 5.15 Å². The quantitative estimate of drug-likeness (QED) is 0.479. The first-order valence-electron chi connectivity index (χ1n) is 7.88. The molecule has 0 atom stereocenters. The van der Waals surface area contributed by atoms with Gasteiger partial charge in [-0.25, -0.2) is 9.37 Å². The maximum Gasteiger partial charge on any atom is 0.190 e. The van der Waals surface area contributed by atoms with Crippen molar-refractivity contribution in [3.05, 3.63) is 64.2 Å². The summed E-state index contributed by atoms with van der Waals surface area (Å²) in [7, 11) is 1.74. The van der Waals surface area contributed by atoms with Gasteiger partial charge in [0.1, 0.15) is 11.0 Å². The Bertz CT molecular complexity index is 686. The molecule has 0 spiro atoms. The van der Waals surface area contributed by atoms with Crippen LogP contribution in [0.1, 0.15) is 16.7 Å². The van der Waals surface area contributed by atoms with Crippen LogP contribution in [-0.2, 0) is 12.8 Å². The summed E-state index contributed by atoms with van der Waals surface area (Å²) in [6.07, 6.45) is 3.42. The number of benzene rings is 1. The predicted molar refractivity (Wildman–Crippen MR) is 97.2 cm³/mol. The van der Waals surface area contributed by atoms with Crippen molar-refractivity contribution < 1.29 is 4.39 Å². The number of pyridine rings is 1. The molecule has 1 aromatic carbocycles. The molecule has 0 aliphatic heterocycles.